The number of carbonyl (C=O) groups is 2. The zero-order chi connectivity index (χ0) is 24.7. The van der Waals surface area contributed by atoms with Crippen LogP contribution >= 0.6 is 34.8 Å². The average molecular weight is 538 g/mol. The molecule has 3 amide bonds. The number of nitrogens with zero attached hydrogens (tertiary/aromatic N) is 4. The summed E-state index contributed by atoms with van der Waals surface area (Å²) in [5, 5.41) is 1.53. The Bertz CT molecular complexity index is 1120. The van der Waals surface area contributed by atoms with Gasteiger partial charge in [0.05, 0.1) is 15.1 Å². The number of rotatable bonds is 4. The summed E-state index contributed by atoms with van der Waals surface area (Å²) in [4.78, 5) is 35.6. The Hall–Kier alpha value is -2.22. The number of fused-ring (bicyclic) bond motifs is 1. The van der Waals surface area contributed by atoms with E-state index in [1.54, 1.807) is 24.4 Å². The predicted octanol–water partition coefficient (Wildman–Crippen LogP) is 4.95. The van der Waals surface area contributed by atoms with Crippen LogP contribution in [0.15, 0.2) is 36.5 Å². The Kier molecular flexibility index (Phi) is 7.02. The van der Waals surface area contributed by atoms with Crippen LogP contribution in [0.2, 0.25) is 15.1 Å². The third kappa shape index (κ3) is 5.04. The molecule has 5 rings (SSSR count). The molecule has 0 bridgehead atoms. The third-order valence-corrected chi connectivity index (χ3v) is 8.34. The smallest absolute Gasteiger partial charge is 0.320 e. The van der Waals surface area contributed by atoms with Crippen molar-refractivity contribution in [1.29, 1.82) is 0 Å². The van der Waals surface area contributed by atoms with Crippen LogP contribution in [0.3, 0.4) is 0 Å². The first-order valence-electron chi connectivity index (χ1n) is 11.9. The zero-order valence-electron chi connectivity index (χ0n) is 19.4. The lowest BCUT2D eigenvalue weighted by Crippen LogP contribution is -2.56. The van der Waals surface area contributed by atoms with E-state index in [1.807, 2.05) is 33.8 Å². The number of likely N-dealkylation sites (tertiary alicyclic amines) is 1. The maximum Gasteiger partial charge on any atom is 0.320 e. The lowest BCUT2D eigenvalue weighted by molar-refractivity contribution is -0.130. The number of ether oxygens (including phenoxy) is 1. The number of halogens is 3. The van der Waals surface area contributed by atoms with Gasteiger partial charge in [0.25, 0.3) is 0 Å². The molecule has 0 saturated carbocycles. The lowest BCUT2D eigenvalue weighted by Gasteiger charge is -2.39. The molecule has 3 aliphatic rings. The Balaban J connectivity index is 1.35. The number of hydrogen-bond acceptors (Lipinski definition) is 4. The van der Waals surface area contributed by atoms with Crippen molar-refractivity contribution in [3.8, 4) is 5.88 Å². The summed E-state index contributed by atoms with van der Waals surface area (Å²) in [7, 11) is 0. The molecule has 7 nitrogen and oxygen atoms in total. The lowest BCUT2D eigenvalue weighted by atomic mass is 9.86. The van der Waals surface area contributed by atoms with E-state index < -0.39 is 0 Å². The first-order chi connectivity index (χ1) is 16.8. The second kappa shape index (κ2) is 10.0. The number of aromatic nitrogens is 1. The molecular weight excluding hydrogens is 511 g/mol. The standard InChI is InChI=1S/C25H27Cl3N4O3/c1-15(35-23-6-3-17(26)11-29-23)19-13-31(14-20(19)16-2-5-21(27)22(28)10-16)25(34)30-8-9-32-18(12-30)4-7-24(32)33/h2-3,5-6,10-11,15,18-20H,4,7-9,12-14H2,1H3/t15-,18?,19+,20+/m1/s1. The molecule has 0 N–H and O–H groups in total. The molecule has 1 aromatic heterocycles. The van der Waals surface area contributed by atoms with E-state index in [4.69, 9.17) is 39.5 Å². The van der Waals surface area contributed by atoms with Gasteiger partial charge in [0.2, 0.25) is 11.8 Å². The van der Waals surface area contributed by atoms with Crippen molar-refractivity contribution in [3.05, 3.63) is 57.2 Å². The molecule has 0 aliphatic carbocycles. The minimum Gasteiger partial charge on any atom is -0.474 e. The van der Waals surface area contributed by atoms with E-state index in [2.05, 4.69) is 4.98 Å². The second-order valence-corrected chi connectivity index (χ2v) is 10.7. The molecule has 1 unspecified atom stereocenters. The van der Waals surface area contributed by atoms with Gasteiger partial charge in [0.1, 0.15) is 6.10 Å². The fourth-order valence-corrected chi connectivity index (χ4v) is 5.92. The van der Waals surface area contributed by atoms with Crippen molar-refractivity contribution in [1.82, 2.24) is 19.7 Å². The van der Waals surface area contributed by atoms with Gasteiger partial charge in [-0.3, -0.25) is 4.79 Å². The Labute approximate surface area is 219 Å². The molecule has 0 radical (unpaired) electrons. The fraction of sp³-hybridized carbons (Fsp3) is 0.480. The predicted molar refractivity (Wildman–Crippen MR) is 135 cm³/mol. The van der Waals surface area contributed by atoms with Gasteiger partial charge in [0, 0.05) is 69.3 Å². The van der Waals surface area contributed by atoms with Gasteiger partial charge < -0.3 is 19.4 Å². The molecule has 4 heterocycles. The zero-order valence-corrected chi connectivity index (χ0v) is 21.6. The molecule has 3 aliphatic heterocycles. The first-order valence-corrected chi connectivity index (χ1v) is 13.0. The number of amides is 3. The second-order valence-electron chi connectivity index (χ2n) is 9.49. The van der Waals surface area contributed by atoms with Crippen LogP contribution in [0.25, 0.3) is 0 Å². The van der Waals surface area contributed by atoms with E-state index in [-0.39, 0.29) is 35.9 Å². The Morgan fingerprint density at radius 2 is 1.89 bits per heavy atom. The highest BCUT2D eigenvalue weighted by atomic mass is 35.5. The summed E-state index contributed by atoms with van der Waals surface area (Å²) in [5.74, 6) is 0.722. The number of urea groups is 1. The van der Waals surface area contributed by atoms with Gasteiger partial charge in [-0.2, -0.15) is 0 Å². The van der Waals surface area contributed by atoms with E-state index in [9.17, 15) is 9.59 Å². The summed E-state index contributed by atoms with van der Waals surface area (Å²) in [6.45, 7) is 4.84. The molecule has 35 heavy (non-hydrogen) atoms. The van der Waals surface area contributed by atoms with Crippen molar-refractivity contribution < 1.29 is 14.3 Å². The number of carbonyl (C=O) groups excluding carboxylic acids is 2. The van der Waals surface area contributed by atoms with Crippen molar-refractivity contribution in [2.75, 3.05) is 32.7 Å². The summed E-state index contributed by atoms with van der Waals surface area (Å²) in [6, 6.07) is 9.26. The third-order valence-electron chi connectivity index (χ3n) is 7.38. The van der Waals surface area contributed by atoms with Gasteiger partial charge >= 0.3 is 6.03 Å². The molecule has 3 saturated heterocycles. The Morgan fingerprint density at radius 1 is 1.06 bits per heavy atom. The molecule has 10 heteroatoms. The van der Waals surface area contributed by atoms with Crippen LogP contribution in [0.4, 0.5) is 4.79 Å². The van der Waals surface area contributed by atoms with Crippen molar-refractivity contribution >= 4 is 46.7 Å². The maximum atomic E-state index is 13.6. The van der Waals surface area contributed by atoms with Crippen molar-refractivity contribution in [2.45, 2.75) is 37.8 Å². The summed E-state index contributed by atoms with van der Waals surface area (Å²) in [5.41, 5.74) is 1.02. The fourth-order valence-electron chi connectivity index (χ4n) is 5.50. The highest BCUT2D eigenvalue weighted by molar-refractivity contribution is 6.42. The summed E-state index contributed by atoms with van der Waals surface area (Å²) < 4.78 is 6.18. The number of pyridine rings is 1. The van der Waals surface area contributed by atoms with Gasteiger partial charge in [-0.1, -0.05) is 40.9 Å². The normalized spacial score (nSPS) is 25.1. The van der Waals surface area contributed by atoms with Crippen LogP contribution in [0, 0.1) is 5.92 Å². The van der Waals surface area contributed by atoms with Gasteiger partial charge in [0.15, 0.2) is 0 Å². The SMILES string of the molecule is C[C@@H](Oc1ccc(Cl)cn1)[C@@H]1CN(C(=O)N2CCN3C(=O)CCC3C2)C[C@H]1c1ccc(Cl)c(Cl)c1. The van der Waals surface area contributed by atoms with Gasteiger partial charge in [-0.15, -0.1) is 0 Å². The highest BCUT2D eigenvalue weighted by Crippen LogP contribution is 2.39. The highest BCUT2D eigenvalue weighted by Gasteiger charge is 2.43. The summed E-state index contributed by atoms with van der Waals surface area (Å²) >= 11 is 18.5. The van der Waals surface area contributed by atoms with E-state index in [0.29, 0.717) is 60.1 Å². The molecule has 1 aromatic carbocycles. The minimum absolute atomic E-state index is 0.00776. The van der Waals surface area contributed by atoms with E-state index in [1.165, 1.54) is 0 Å². The van der Waals surface area contributed by atoms with E-state index in [0.717, 1.165) is 12.0 Å². The molecule has 3 fully saturated rings. The molecular formula is C25H27Cl3N4O3. The average Bonchev–Trinajstić information content (AvgIpc) is 3.46. The summed E-state index contributed by atoms with van der Waals surface area (Å²) in [6.07, 6.45) is 2.73. The van der Waals surface area contributed by atoms with Crippen LogP contribution in [0.1, 0.15) is 31.2 Å². The van der Waals surface area contributed by atoms with Crippen molar-refractivity contribution in [3.63, 3.8) is 0 Å². The topological polar surface area (TPSA) is 66.0 Å². The minimum atomic E-state index is -0.217. The van der Waals surface area contributed by atoms with Crippen LogP contribution in [-0.2, 0) is 4.79 Å². The van der Waals surface area contributed by atoms with Gasteiger partial charge in [-0.25, -0.2) is 9.78 Å². The van der Waals surface area contributed by atoms with Crippen LogP contribution in [0.5, 0.6) is 5.88 Å². The largest absolute Gasteiger partial charge is 0.474 e. The number of piperazine rings is 1. The maximum absolute atomic E-state index is 13.6. The monoisotopic (exact) mass is 536 g/mol. The molecule has 0 spiro atoms. The number of benzene rings is 1. The quantitative estimate of drug-likeness (QED) is 0.553. The number of hydrogen-bond donors (Lipinski definition) is 0. The van der Waals surface area contributed by atoms with Gasteiger partial charge in [-0.05, 0) is 37.1 Å². The molecule has 4 atom stereocenters. The first kappa shape index (κ1) is 24.5. The molecule has 2 aromatic rings. The molecule has 186 valence electrons. The van der Waals surface area contributed by atoms with E-state index >= 15 is 0 Å². The van der Waals surface area contributed by atoms with Crippen LogP contribution in [-0.4, -0.2) is 76.5 Å². The Morgan fingerprint density at radius 3 is 2.63 bits per heavy atom. The van der Waals surface area contributed by atoms with Crippen LogP contribution < -0.4 is 4.74 Å². The van der Waals surface area contributed by atoms with Crippen molar-refractivity contribution in [2.24, 2.45) is 5.92 Å².